The summed E-state index contributed by atoms with van der Waals surface area (Å²) >= 11 is 1.49. The van der Waals surface area contributed by atoms with Gasteiger partial charge < -0.3 is 10.4 Å². The van der Waals surface area contributed by atoms with Crippen LogP contribution >= 0.6 is 11.3 Å². The zero-order chi connectivity index (χ0) is 15.7. The molecule has 7 heteroatoms. The van der Waals surface area contributed by atoms with Crippen molar-refractivity contribution in [1.29, 1.82) is 0 Å². The molecule has 0 bridgehead atoms. The van der Waals surface area contributed by atoms with Crippen molar-refractivity contribution >= 4 is 28.2 Å². The lowest BCUT2D eigenvalue weighted by molar-refractivity contribution is 0.0696. The Morgan fingerprint density at radius 3 is 2.68 bits per heavy atom. The van der Waals surface area contributed by atoms with E-state index in [4.69, 9.17) is 5.11 Å². The highest BCUT2D eigenvalue weighted by Gasteiger charge is 2.12. The fourth-order valence-corrected chi connectivity index (χ4v) is 2.89. The Balaban J connectivity index is 1.67. The second-order valence-corrected chi connectivity index (χ2v) is 5.68. The van der Waals surface area contributed by atoms with Gasteiger partial charge >= 0.3 is 5.97 Å². The largest absolute Gasteiger partial charge is 0.478 e. The van der Waals surface area contributed by atoms with Crippen molar-refractivity contribution in [2.24, 2.45) is 0 Å². The van der Waals surface area contributed by atoms with Gasteiger partial charge in [0.1, 0.15) is 5.69 Å². The maximum atomic E-state index is 12.1. The number of carbonyl (C=O) groups excluding carboxylic acids is 1. The molecule has 0 fully saturated rings. The number of carboxylic acid groups (broad SMARTS) is 1. The van der Waals surface area contributed by atoms with Gasteiger partial charge in [-0.1, -0.05) is 12.1 Å². The SMILES string of the molecule is Cc1csc2nc(C(=O)NCc3ccc(C(=O)O)cc3)cn12. The molecule has 0 unspecified atom stereocenters. The molecule has 3 aromatic rings. The highest BCUT2D eigenvalue weighted by Crippen LogP contribution is 2.15. The van der Waals surface area contributed by atoms with Crippen LogP contribution in [0.4, 0.5) is 0 Å². The summed E-state index contributed by atoms with van der Waals surface area (Å²) in [4.78, 5) is 27.9. The standard InChI is InChI=1S/C15H13N3O3S/c1-9-8-22-15-17-12(7-18(9)15)13(19)16-6-10-2-4-11(5-3-10)14(20)21/h2-5,7-8H,6H2,1H3,(H,16,19)(H,20,21). The maximum absolute atomic E-state index is 12.1. The summed E-state index contributed by atoms with van der Waals surface area (Å²) < 4.78 is 1.88. The van der Waals surface area contributed by atoms with Crippen LogP contribution in [0.3, 0.4) is 0 Å². The molecule has 6 nitrogen and oxygen atoms in total. The Kier molecular flexibility index (Phi) is 3.64. The molecule has 3 rings (SSSR count). The van der Waals surface area contributed by atoms with E-state index in [1.165, 1.54) is 23.5 Å². The molecule has 2 heterocycles. The average Bonchev–Trinajstić information content (AvgIpc) is 3.08. The Hall–Kier alpha value is -2.67. The van der Waals surface area contributed by atoms with E-state index in [1.807, 2.05) is 16.7 Å². The molecule has 0 aliphatic heterocycles. The number of hydrogen-bond acceptors (Lipinski definition) is 4. The number of aromatic carboxylic acids is 1. The van der Waals surface area contributed by atoms with E-state index in [9.17, 15) is 9.59 Å². The van der Waals surface area contributed by atoms with Crippen LogP contribution in [0.5, 0.6) is 0 Å². The molecule has 0 atom stereocenters. The van der Waals surface area contributed by atoms with Crippen molar-refractivity contribution in [3.8, 4) is 0 Å². The average molecular weight is 315 g/mol. The molecule has 0 saturated carbocycles. The smallest absolute Gasteiger partial charge is 0.335 e. The number of imidazole rings is 1. The summed E-state index contributed by atoms with van der Waals surface area (Å²) in [6.07, 6.45) is 1.71. The molecule has 1 aromatic carbocycles. The number of benzene rings is 1. The maximum Gasteiger partial charge on any atom is 0.335 e. The monoisotopic (exact) mass is 315 g/mol. The van der Waals surface area contributed by atoms with Crippen molar-refractivity contribution in [2.75, 3.05) is 0 Å². The fraction of sp³-hybridized carbons (Fsp3) is 0.133. The van der Waals surface area contributed by atoms with Crippen molar-refractivity contribution in [3.63, 3.8) is 0 Å². The van der Waals surface area contributed by atoms with Gasteiger partial charge in [-0.15, -0.1) is 11.3 Å². The van der Waals surface area contributed by atoms with Gasteiger partial charge in [0.2, 0.25) is 0 Å². The first-order valence-electron chi connectivity index (χ1n) is 6.58. The molecule has 2 aromatic heterocycles. The number of amides is 1. The van der Waals surface area contributed by atoms with Gasteiger partial charge in [0.25, 0.3) is 5.91 Å². The minimum atomic E-state index is -0.968. The van der Waals surface area contributed by atoms with E-state index in [2.05, 4.69) is 10.3 Å². The molecule has 0 spiro atoms. The molecule has 112 valence electrons. The van der Waals surface area contributed by atoms with Gasteiger partial charge in [0.15, 0.2) is 4.96 Å². The quantitative estimate of drug-likeness (QED) is 0.774. The first kappa shape index (κ1) is 14.3. The minimum absolute atomic E-state index is 0.222. The van der Waals surface area contributed by atoms with Gasteiger partial charge in [0, 0.05) is 23.8 Å². The number of aromatic nitrogens is 2. The van der Waals surface area contributed by atoms with Crippen molar-refractivity contribution in [3.05, 3.63) is 58.4 Å². The number of carboxylic acids is 1. The second-order valence-electron chi connectivity index (χ2n) is 4.84. The Labute approximate surface area is 130 Å². The molecular weight excluding hydrogens is 302 g/mol. The number of hydrogen-bond donors (Lipinski definition) is 2. The lowest BCUT2D eigenvalue weighted by atomic mass is 10.1. The van der Waals surface area contributed by atoms with Gasteiger partial charge in [-0.2, -0.15) is 0 Å². The third kappa shape index (κ3) is 2.71. The van der Waals surface area contributed by atoms with Crippen LogP contribution in [0.25, 0.3) is 4.96 Å². The molecule has 0 aliphatic carbocycles. The predicted molar refractivity (Wildman–Crippen MR) is 82.4 cm³/mol. The first-order valence-corrected chi connectivity index (χ1v) is 7.46. The summed E-state index contributed by atoms with van der Waals surface area (Å²) in [5, 5.41) is 13.6. The highest BCUT2D eigenvalue weighted by atomic mass is 32.1. The van der Waals surface area contributed by atoms with Crippen LogP contribution in [-0.2, 0) is 6.54 Å². The molecule has 0 saturated heterocycles. The topological polar surface area (TPSA) is 83.7 Å². The van der Waals surface area contributed by atoms with E-state index >= 15 is 0 Å². The Morgan fingerprint density at radius 1 is 1.32 bits per heavy atom. The Morgan fingerprint density at radius 2 is 2.05 bits per heavy atom. The highest BCUT2D eigenvalue weighted by molar-refractivity contribution is 7.15. The number of carbonyl (C=O) groups is 2. The number of rotatable bonds is 4. The van der Waals surface area contributed by atoms with Crippen LogP contribution in [0.2, 0.25) is 0 Å². The fourth-order valence-electron chi connectivity index (χ4n) is 2.04. The molecule has 1 amide bonds. The van der Waals surface area contributed by atoms with Gasteiger partial charge in [-0.3, -0.25) is 9.20 Å². The van der Waals surface area contributed by atoms with Crippen LogP contribution < -0.4 is 5.32 Å². The summed E-state index contributed by atoms with van der Waals surface area (Å²) in [5.74, 6) is -1.22. The summed E-state index contributed by atoms with van der Waals surface area (Å²) in [7, 11) is 0. The van der Waals surface area contributed by atoms with Crippen molar-refractivity contribution < 1.29 is 14.7 Å². The lowest BCUT2D eigenvalue weighted by Gasteiger charge is -2.04. The number of thiazole rings is 1. The van der Waals surface area contributed by atoms with Gasteiger partial charge in [-0.25, -0.2) is 9.78 Å². The van der Waals surface area contributed by atoms with Crippen LogP contribution in [0.1, 0.15) is 32.1 Å². The van der Waals surface area contributed by atoms with E-state index in [0.717, 1.165) is 16.2 Å². The molecular formula is C15H13N3O3S. The Bertz CT molecular complexity index is 849. The third-order valence-corrected chi connectivity index (χ3v) is 4.23. The first-order chi connectivity index (χ1) is 10.5. The van der Waals surface area contributed by atoms with E-state index in [1.54, 1.807) is 18.3 Å². The van der Waals surface area contributed by atoms with Crippen LogP contribution in [-0.4, -0.2) is 26.4 Å². The molecule has 22 heavy (non-hydrogen) atoms. The number of fused-ring (bicyclic) bond motifs is 1. The summed E-state index contributed by atoms with van der Waals surface area (Å²) in [6.45, 7) is 2.28. The number of nitrogens with zero attached hydrogens (tertiary/aromatic N) is 2. The number of nitrogens with one attached hydrogen (secondary N) is 1. The van der Waals surface area contributed by atoms with Crippen LogP contribution in [0.15, 0.2) is 35.8 Å². The van der Waals surface area contributed by atoms with Gasteiger partial charge in [0.05, 0.1) is 5.56 Å². The lowest BCUT2D eigenvalue weighted by Crippen LogP contribution is -2.23. The summed E-state index contributed by atoms with van der Waals surface area (Å²) in [5.41, 5.74) is 2.46. The van der Waals surface area contributed by atoms with E-state index < -0.39 is 5.97 Å². The zero-order valence-corrected chi connectivity index (χ0v) is 12.6. The summed E-state index contributed by atoms with van der Waals surface area (Å²) in [6, 6.07) is 6.39. The van der Waals surface area contributed by atoms with Gasteiger partial charge in [-0.05, 0) is 24.6 Å². The second kappa shape index (κ2) is 5.61. The van der Waals surface area contributed by atoms with Crippen molar-refractivity contribution in [2.45, 2.75) is 13.5 Å². The molecule has 2 N–H and O–H groups in total. The van der Waals surface area contributed by atoms with Crippen LogP contribution in [0, 0.1) is 6.92 Å². The normalized spacial score (nSPS) is 10.8. The molecule has 0 radical (unpaired) electrons. The third-order valence-electron chi connectivity index (χ3n) is 3.28. The molecule has 0 aliphatic rings. The zero-order valence-electron chi connectivity index (χ0n) is 11.7. The predicted octanol–water partition coefficient (Wildman–Crippen LogP) is 2.33. The van der Waals surface area contributed by atoms with Crippen molar-refractivity contribution in [1.82, 2.24) is 14.7 Å². The number of aryl methyl sites for hydroxylation is 1. The minimum Gasteiger partial charge on any atom is -0.478 e. The van der Waals surface area contributed by atoms with E-state index in [0.29, 0.717) is 12.2 Å². The van der Waals surface area contributed by atoms with E-state index in [-0.39, 0.29) is 11.5 Å².